The summed E-state index contributed by atoms with van der Waals surface area (Å²) >= 11 is 5.40. The normalized spacial score (nSPS) is 15.0. The predicted molar refractivity (Wildman–Crippen MR) is 115 cm³/mol. The molecule has 0 N–H and O–H groups in total. The third-order valence-corrected chi connectivity index (χ3v) is 29.9. The number of fused-ring (bicyclic) bond motifs is 3. The second-order valence-corrected chi connectivity index (χ2v) is 55.5. The van der Waals surface area contributed by atoms with Crippen molar-refractivity contribution in [2.45, 2.75) is 22.7 Å². The van der Waals surface area contributed by atoms with Crippen LogP contribution < -0.4 is 0 Å². The molecule has 0 aliphatic carbocycles. The number of hydrogen-bond acceptors (Lipinski definition) is 0. The van der Waals surface area contributed by atoms with E-state index in [0.717, 1.165) is 24.5 Å². The molecule has 0 fully saturated rings. The first-order valence-corrected chi connectivity index (χ1v) is 28.0. The fourth-order valence-corrected chi connectivity index (χ4v) is 3.54. The molecule has 2 aliphatic rings. The number of hydrogen-bond donors (Lipinski definition) is 0. The molecule has 0 saturated heterocycles. The molecule has 21 heavy (non-hydrogen) atoms. The van der Waals surface area contributed by atoms with Crippen LogP contribution in [0, 0.1) is 0 Å². The van der Waals surface area contributed by atoms with Gasteiger partial charge in [-0.05, 0) is 11.1 Å². The standard InChI is InChI=1S/C12H10N2.2C2H5.2HI.Sn/c1-3-9-5-6-10-4-2-8-14-12(10)11(9)13-7-1;2*1-2;;;/h1-6H,7-8H2;2*1H2,2H3;2*1H;/q-2;;;;;+2/p-2. The van der Waals surface area contributed by atoms with Crippen LogP contribution in [-0.4, -0.2) is 23.5 Å². The van der Waals surface area contributed by atoms with Crippen LogP contribution in [0.2, 0.25) is 8.87 Å². The molecular formula is C16H20I2N2Sn-2. The first-order chi connectivity index (χ1) is 10.1. The van der Waals surface area contributed by atoms with E-state index < -0.39 is 10.4 Å². The molecule has 0 amide bonds. The quantitative estimate of drug-likeness (QED) is 0.252. The monoisotopic (exact) mass is 614 g/mol. The van der Waals surface area contributed by atoms with Gasteiger partial charge >= 0.3 is 70.4 Å². The van der Waals surface area contributed by atoms with Gasteiger partial charge in [0.2, 0.25) is 0 Å². The van der Waals surface area contributed by atoms with Crippen LogP contribution in [0.1, 0.15) is 25.0 Å². The molecule has 0 radical (unpaired) electrons. The molecule has 0 aromatic heterocycles. The van der Waals surface area contributed by atoms with Crippen molar-refractivity contribution < 1.29 is 0 Å². The molecule has 0 unspecified atom stereocenters. The molecule has 0 atom stereocenters. The first-order valence-electron chi connectivity index (χ1n) is 7.30. The summed E-state index contributed by atoms with van der Waals surface area (Å²) in [5, 5.41) is 8.98. The van der Waals surface area contributed by atoms with Gasteiger partial charge in [-0.25, -0.2) is 0 Å². The molecule has 0 saturated carbocycles. The Morgan fingerprint density at radius 2 is 1.33 bits per heavy atom. The topological polar surface area (TPSA) is 28.2 Å². The van der Waals surface area contributed by atoms with Gasteiger partial charge in [0.15, 0.2) is 0 Å². The molecular weight excluding hydrogens is 593 g/mol. The fraction of sp³-hybridized carbons (Fsp3) is 0.375. The van der Waals surface area contributed by atoms with E-state index in [2.05, 4.69) is 98.2 Å². The summed E-state index contributed by atoms with van der Waals surface area (Å²) in [7, 11) is -1.34. The molecule has 3 rings (SSSR count). The summed E-state index contributed by atoms with van der Waals surface area (Å²) in [6, 6.07) is 4.22. The number of benzene rings is 1. The second-order valence-electron chi connectivity index (χ2n) is 4.99. The van der Waals surface area contributed by atoms with Crippen molar-refractivity contribution in [2.24, 2.45) is 0 Å². The Bertz CT molecular complexity index is 506. The average Bonchev–Trinajstić information content (AvgIpc) is 2.55. The Labute approximate surface area is 151 Å². The Hall–Kier alpha value is 0.559. The summed E-state index contributed by atoms with van der Waals surface area (Å²) in [5.41, 5.74) is 4.51. The Balaban J connectivity index is 0.000000199. The van der Waals surface area contributed by atoms with Crippen LogP contribution in [0.25, 0.3) is 22.8 Å². The van der Waals surface area contributed by atoms with Crippen LogP contribution in [0.3, 0.4) is 0 Å². The van der Waals surface area contributed by atoms with E-state index in [1.165, 1.54) is 20.0 Å². The molecule has 114 valence electrons. The Morgan fingerprint density at radius 3 is 1.67 bits per heavy atom. The SMILES string of the molecule is C1=Cc2ccc3c(c2[N-]C1)[N-]CC=C3.C[CH2][Sn]([I])([I])[CH2]C. The van der Waals surface area contributed by atoms with E-state index in [1.807, 2.05) is 0 Å². The molecule has 2 heterocycles. The van der Waals surface area contributed by atoms with Gasteiger partial charge < -0.3 is 10.6 Å². The van der Waals surface area contributed by atoms with Gasteiger partial charge in [0, 0.05) is 0 Å². The van der Waals surface area contributed by atoms with Crippen LogP contribution in [0.4, 0.5) is 11.4 Å². The van der Waals surface area contributed by atoms with Crippen molar-refractivity contribution >= 4 is 71.2 Å². The average molecular weight is 613 g/mol. The van der Waals surface area contributed by atoms with Crippen molar-refractivity contribution in [3.63, 3.8) is 0 Å². The molecule has 1 aromatic rings. The third kappa shape index (κ3) is 5.02. The van der Waals surface area contributed by atoms with Crippen molar-refractivity contribution in [1.29, 1.82) is 0 Å². The first kappa shape index (κ1) is 17.9. The van der Waals surface area contributed by atoms with Gasteiger partial charge in [0.05, 0.1) is 0 Å². The van der Waals surface area contributed by atoms with E-state index in [-0.39, 0.29) is 0 Å². The van der Waals surface area contributed by atoms with E-state index in [1.54, 1.807) is 0 Å². The van der Waals surface area contributed by atoms with E-state index in [4.69, 9.17) is 0 Å². The molecule has 2 nitrogen and oxygen atoms in total. The van der Waals surface area contributed by atoms with Crippen molar-refractivity contribution in [2.75, 3.05) is 13.1 Å². The van der Waals surface area contributed by atoms with Crippen LogP contribution in [0.5, 0.6) is 0 Å². The molecule has 1 aromatic carbocycles. The zero-order valence-corrected chi connectivity index (χ0v) is 19.6. The summed E-state index contributed by atoms with van der Waals surface area (Å²) in [5.74, 6) is 0. The zero-order chi connectivity index (χ0) is 15.3. The summed E-state index contributed by atoms with van der Waals surface area (Å²) in [6.45, 7) is 6.20. The second kappa shape index (κ2) is 8.42. The molecule has 0 spiro atoms. The zero-order valence-electron chi connectivity index (χ0n) is 12.4. The molecule has 5 heteroatoms. The number of rotatable bonds is 2. The van der Waals surface area contributed by atoms with Crippen molar-refractivity contribution in [3.05, 3.63) is 46.0 Å². The van der Waals surface area contributed by atoms with Gasteiger partial charge in [-0.3, -0.25) is 0 Å². The molecule has 0 bridgehead atoms. The van der Waals surface area contributed by atoms with E-state index in [0.29, 0.717) is 0 Å². The van der Waals surface area contributed by atoms with Gasteiger partial charge in [-0.2, -0.15) is 0 Å². The summed E-state index contributed by atoms with van der Waals surface area (Å²) in [6.07, 6.45) is 8.40. The predicted octanol–water partition coefficient (Wildman–Crippen LogP) is 7.09. The number of halogens is 2. The van der Waals surface area contributed by atoms with Crippen molar-refractivity contribution in [1.82, 2.24) is 0 Å². The van der Waals surface area contributed by atoms with Gasteiger partial charge in [0.1, 0.15) is 0 Å². The van der Waals surface area contributed by atoms with Gasteiger partial charge in [-0.1, -0.05) is 24.3 Å². The van der Waals surface area contributed by atoms with Gasteiger partial charge in [0.25, 0.3) is 0 Å². The van der Waals surface area contributed by atoms with E-state index >= 15 is 0 Å². The fourth-order valence-electron chi connectivity index (χ4n) is 2.11. The van der Waals surface area contributed by atoms with Gasteiger partial charge in [-0.15, -0.1) is 36.6 Å². The molecule has 2 aliphatic heterocycles. The number of nitrogens with zero attached hydrogens (tertiary/aromatic N) is 2. The van der Waals surface area contributed by atoms with Crippen LogP contribution >= 0.6 is 37.3 Å². The maximum absolute atomic E-state index is 4.49. The maximum atomic E-state index is 4.49. The Kier molecular flexibility index (Phi) is 7.18. The van der Waals surface area contributed by atoms with Crippen molar-refractivity contribution in [3.8, 4) is 0 Å². The van der Waals surface area contributed by atoms with E-state index in [9.17, 15) is 0 Å². The third-order valence-electron chi connectivity index (χ3n) is 3.55. The minimum absolute atomic E-state index is 0.780. The summed E-state index contributed by atoms with van der Waals surface area (Å²) < 4.78 is 2.96. The Morgan fingerprint density at radius 1 is 0.905 bits per heavy atom. The van der Waals surface area contributed by atoms with Crippen LogP contribution in [0.15, 0.2) is 24.3 Å². The minimum atomic E-state index is -1.34. The van der Waals surface area contributed by atoms with Crippen LogP contribution in [-0.2, 0) is 0 Å². The summed E-state index contributed by atoms with van der Waals surface area (Å²) in [4.78, 5) is 0.